The molecule has 0 aromatic heterocycles. The van der Waals surface area contributed by atoms with Gasteiger partial charge in [0.05, 0.1) is 6.54 Å². The smallest absolute Gasteiger partial charge is 0.0599 e. The SMILES string of the molecule is C#CCN(C)Cc1ccccc1.CN1CCC/C(=C\c2ccccc2)C1. The van der Waals surface area contributed by atoms with Gasteiger partial charge in [-0.1, -0.05) is 78.2 Å². The highest BCUT2D eigenvalue weighted by Gasteiger charge is 2.09. The molecular formula is C24H30N2. The van der Waals surface area contributed by atoms with E-state index in [0.717, 1.165) is 13.1 Å². The van der Waals surface area contributed by atoms with E-state index in [-0.39, 0.29) is 0 Å². The molecule has 0 atom stereocenters. The van der Waals surface area contributed by atoms with E-state index in [2.05, 4.69) is 71.3 Å². The molecule has 0 saturated carbocycles. The first-order valence-corrected chi connectivity index (χ1v) is 9.26. The fraction of sp³-hybridized carbons (Fsp3) is 0.333. The van der Waals surface area contributed by atoms with Gasteiger partial charge in [-0.25, -0.2) is 0 Å². The first kappa shape index (κ1) is 20.0. The van der Waals surface area contributed by atoms with Crippen LogP contribution in [0.15, 0.2) is 66.2 Å². The van der Waals surface area contributed by atoms with Crippen molar-refractivity contribution in [1.82, 2.24) is 9.80 Å². The number of hydrogen-bond donors (Lipinski definition) is 0. The van der Waals surface area contributed by atoms with Gasteiger partial charge >= 0.3 is 0 Å². The summed E-state index contributed by atoms with van der Waals surface area (Å²) in [6.45, 7) is 4.00. The van der Waals surface area contributed by atoms with E-state index in [9.17, 15) is 0 Å². The van der Waals surface area contributed by atoms with Crippen molar-refractivity contribution in [3.05, 3.63) is 77.4 Å². The molecule has 2 nitrogen and oxygen atoms in total. The van der Waals surface area contributed by atoms with E-state index >= 15 is 0 Å². The van der Waals surface area contributed by atoms with Crippen LogP contribution in [0.2, 0.25) is 0 Å². The summed E-state index contributed by atoms with van der Waals surface area (Å²) in [6.07, 6.45) is 10.1. The number of likely N-dealkylation sites (N-methyl/N-ethyl adjacent to an activating group) is 1. The van der Waals surface area contributed by atoms with Crippen molar-refractivity contribution in [3.8, 4) is 12.3 Å². The topological polar surface area (TPSA) is 6.48 Å². The van der Waals surface area contributed by atoms with Crippen LogP contribution in [0.25, 0.3) is 6.08 Å². The second-order valence-electron chi connectivity index (χ2n) is 6.92. The highest BCUT2D eigenvalue weighted by molar-refractivity contribution is 5.53. The maximum absolute atomic E-state index is 5.19. The summed E-state index contributed by atoms with van der Waals surface area (Å²) < 4.78 is 0. The fourth-order valence-corrected chi connectivity index (χ4v) is 3.09. The van der Waals surface area contributed by atoms with Gasteiger partial charge in [-0.2, -0.15) is 0 Å². The molecule has 0 unspecified atom stereocenters. The van der Waals surface area contributed by atoms with Crippen LogP contribution in [0.3, 0.4) is 0 Å². The third-order valence-corrected chi connectivity index (χ3v) is 4.34. The normalized spacial score (nSPS) is 16.0. The minimum Gasteiger partial charge on any atom is -0.302 e. The molecule has 2 aromatic rings. The van der Waals surface area contributed by atoms with Gasteiger partial charge in [-0.15, -0.1) is 6.42 Å². The molecular weight excluding hydrogens is 316 g/mol. The van der Waals surface area contributed by atoms with Crippen molar-refractivity contribution < 1.29 is 0 Å². The van der Waals surface area contributed by atoms with Gasteiger partial charge in [0.15, 0.2) is 0 Å². The summed E-state index contributed by atoms with van der Waals surface area (Å²) in [5.41, 5.74) is 4.19. The largest absolute Gasteiger partial charge is 0.302 e. The number of terminal acetylenes is 1. The number of hydrogen-bond acceptors (Lipinski definition) is 2. The molecule has 136 valence electrons. The zero-order valence-corrected chi connectivity index (χ0v) is 16.1. The molecule has 1 aliphatic rings. The van der Waals surface area contributed by atoms with Gasteiger partial charge in [0.2, 0.25) is 0 Å². The minimum absolute atomic E-state index is 0.703. The maximum atomic E-state index is 5.19. The molecule has 1 aliphatic heterocycles. The molecule has 0 aliphatic carbocycles. The van der Waals surface area contributed by atoms with Gasteiger partial charge in [0, 0.05) is 13.1 Å². The first-order chi connectivity index (χ1) is 12.7. The van der Waals surface area contributed by atoms with Crippen LogP contribution in [0, 0.1) is 12.3 Å². The number of nitrogens with zero attached hydrogens (tertiary/aromatic N) is 2. The van der Waals surface area contributed by atoms with Gasteiger partial charge in [-0.05, 0) is 44.6 Å². The Balaban J connectivity index is 0.000000190. The lowest BCUT2D eigenvalue weighted by molar-refractivity contribution is 0.324. The molecule has 2 heteroatoms. The molecule has 0 bridgehead atoms. The maximum Gasteiger partial charge on any atom is 0.0599 e. The number of rotatable bonds is 4. The lowest BCUT2D eigenvalue weighted by Crippen LogP contribution is -2.26. The number of likely N-dealkylation sites (tertiary alicyclic amines) is 1. The first-order valence-electron chi connectivity index (χ1n) is 9.26. The van der Waals surface area contributed by atoms with Gasteiger partial charge in [0.25, 0.3) is 0 Å². The van der Waals surface area contributed by atoms with Crippen molar-refractivity contribution >= 4 is 6.08 Å². The molecule has 3 rings (SSSR count). The second-order valence-corrected chi connectivity index (χ2v) is 6.92. The van der Waals surface area contributed by atoms with E-state index in [1.165, 1.54) is 30.5 Å². The summed E-state index contributed by atoms with van der Waals surface area (Å²) >= 11 is 0. The number of benzene rings is 2. The van der Waals surface area contributed by atoms with Crippen molar-refractivity contribution in [1.29, 1.82) is 0 Å². The van der Waals surface area contributed by atoms with Crippen LogP contribution < -0.4 is 0 Å². The molecule has 0 spiro atoms. The van der Waals surface area contributed by atoms with Gasteiger partial charge < -0.3 is 4.90 Å². The summed E-state index contributed by atoms with van der Waals surface area (Å²) in [5, 5.41) is 0. The zero-order chi connectivity index (χ0) is 18.6. The molecule has 26 heavy (non-hydrogen) atoms. The van der Waals surface area contributed by atoms with Crippen molar-refractivity contribution in [3.63, 3.8) is 0 Å². The Kier molecular flexibility index (Phi) is 8.69. The summed E-state index contributed by atoms with van der Waals surface area (Å²) in [4.78, 5) is 4.49. The fourth-order valence-electron chi connectivity index (χ4n) is 3.09. The van der Waals surface area contributed by atoms with E-state index < -0.39 is 0 Å². The predicted molar refractivity (Wildman–Crippen MR) is 113 cm³/mol. The Labute approximate surface area is 159 Å². The molecule has 1 heterocycles. The lowest BCUT2D eigenvalue weighted by atomic mass is 10.0. The Morgan fingerprint density at radius 1 is 1.08 bits per heavy atom. The quantitative estimate of drug-likeness (QED) is 0.750. The van der Waals surface area contributed by atoms with Crippen molar-refractivity contribution in [2.75, 3.05) is 33.7 Å². The Bertz CT molecular complexity index is 698. The van der Waals surface area contributed by atoms with E-state index in [4.69, 9.17) is 6.42 Å². The average Bonchev–Trinajstić information content (AvgIpc) is 2.64. The second kappa shape index (κ2) is 11.3. The predicted octanol–water partition coefficient (Wildman–Crippen LogP) is 4.55. The highest BCUT2D eigenvalue weighted by atomic mass is 15.1. The average molecular weight is 347 g/mol. The third-order valence-electron chi connectivity index (χ3n) is 4.34. The van der Waals surface area contributed by atoms with Crippen LogP contribution in [-0.4, -0.2) is 43.5 Å². The Morgan fingerprint density at radius 3 is 2.35 bits per heavy atom. The lowest BCUT2D eigenvalue weighted by Gasteiger charge is -2.24. The Hall–Kier alpha value is -2.34. The molecule has 2 aromatic carbocycles. The minimum atomic E-state index is 0.703. The van der Waals surface area contributed by atoms with Gasteiger partial charge in [0.1, 0.15) is 0 Å². The van der Waals surface area contributed by atoms with Crippen molar-refractivity contribution in [2.24, 2.45) is 0 Å². The molecule has 0 N–H and O–H groups in total. The molecule has 0 radical (unpaired) electrons. The summed E-state index contributed by atoms with van der Waals surface area (Å²) in [7, 11) is 4.21. The summed E-state index contributed by atoms with van der Waals surface area (Å²) in [6, 6.07) is 20.9. The standard InChI is InChI=1S/C13H17N.C11H13N/c1-14-9-5-8-13(11-14)10-12-6-3-2-4-7-12;1-3-9-12(2)10-11-7-5-4-6-8-11/h2-4,6-7,10H,5,8-9,11H2,1H3;1,4-8H,9-10H2,2H3/b13-10+;. The van der Waals surface area contributed by atoms with Crippen LogP contribution in [-0.2, 0) is 6.54 Å². The number of piperidine rings is 1. The zero-order valence-electron chi connectivity index (χ0n) is 16.1. The van der Waals surface area contributed by atoms with E-state index in [1.54, 1.807) is 5.57 Å². The van der Waals surface area contributed by atoms with Gasteiger partial charge in [-0.3, -0.25) is 4.90 Å². The monoisotopic (exact) mass is 346 g/mol. The van der Waals surface area contributed by atoms with Crippen LogP contribution in [0.4, 0.5) is 0 Å². The van der Waals surface area contributed by atoms with Crippen molar-refractivity contribution in [2.45, 2.75) is 19.4 Å². The molecule has 1 fully saturated rings. The van der Waals surface area contributed by atoms with E-state index in [0.29, 0.717) is 6.54 Å². The summed E-state index contributed by atoms with van der Waals surface area (Å²) in [5.74, 6) is 2.61. The molecule has 0 amide bonds. The van der Waals surface area contributed by atoms with Crippen LogP contribution in [0.5, 0.6) is 0 Å². The highest BCUT2D eigenvalue weighted by Crippen LogP contribution is 2.17. The van der Waals surface area contributed by atoms with E-state index in [1.807, 2.05) is 25.2 Å². The Morgan fingerprint density at radius 2 is 1.73 bits per heavy atom. The molecule has 1 saturated heterocycles. The van der Waals surface area contributed by atoms with Crippen LogP contribution in [0.1, 0.15) is 24.0 Å². The third kappa shape index (κ3) is 7.70. The van der Waals surface area contributed by atoms with Crippen LogP contribution >= 0.6 is 0 Å².